The Balaban J connectivity index is 1.85. The summed E-state index contributed by atoms with van der Waals surface area (Å²) in [6.45, 7) is 2.10. The molecule has 0 amide bonds. The van der Waals surface area contributed by atoms with Gasteiger partial charge in [-0.2, -0.15) is 0 Å². The average molecular weight is 328 g/mol. The summed E-state index contributed by atoms with van der Waals surface area (Å²) in [5.74, 6) is 0.823. The highest BCUT2D eigenvalue weighted by Gasteiger charge is 2.29. The van der Waals surface area contributed by atoms with E-state index in [2.05, 4.69) is 52.5 Å². The van der Waals surface area contributed by atoms with Gasteiger partial charge in [0, 0.05) is 30.7 Å². The van der Waals surface area contributed by atoms with Crippen LogP contribution in [0.5, 0.6) is 0 Å². The Morgan fingerprint density at radius 3 is 2.64 bits per heavy atom. The van der Waals surface area contributed by atoms with Gasteiger partial charge in [-0.15, -0.1) is 0 Å². The van der Waals surface area contributed by atoms with Crippen molar-refractivity contribution in [3.8, 4) is 11.1 Å². The van der Waals surface area contributed by atoms with Crippen molar-refractivity contribution in [2.75, 3.05) is 12.4 Å². The Morgan fingerprint density at radius 1 is 1.08 bits per heavy atom. The summed E-state index contributed by atoms with van der Waals surface area (Å²) in [4.78, 5) is 8.55. The number of nitrogens with zero attached hydrogens (tertiary/aromatic N) is 2. The molecule has 1 heterocycles. The molecule has 0 saturated carbocycles. The lowest BCUT2D eigenvalue weighted by molar-refractivity contribution is 0.899. The van der Waals surface area contributed by atoms with Crippen LogP contribution in [0.15, 0.2) is 65.9 Å². The molecule has 124 valence electrons. The Kier molecular flexibility index (Phi) is 3.82. The topological polar surface area (TPSA) is 63.3 Å². The van der Waals surface area contributed by atoms with Gasteiger partial charge in [-0.25, -0.2) is 0 Å². The van der Waals surface area contributed by atoms with E-state index >= 15 is 0 Å². The van der Waals surface area contributed by atoms with Crippen molar-refractivity contribution in [1.82, 2.24) is 4.98 Å². The minimum Gasteiger partial charge on any atom is -0.340 e. The first-order valence-electron chi connectivity index (χ1n) is 8.32. The highest BCUT2D eigenvalue weighted by atomic mass is 15.0. The summed E-state index contributed by atoms with van der Waals surface area (Å²) in [5.41, 5.74) is 14.5. The highest BCUT2D eigenvalue weighted by Crippen LogP contribution is 2.44. The van der Waals surface area contributed by atoms with Crippen LogP contribution in [0.2, 0.25) is 0 Å². The summed E-state index contributed by atoms with van der Waals surface area (Å²) < 4.78 is 0. The van der Waals surface area contributed by atoms with Gasteiger partial charge in [0.2, 0.25) is 0 Å². The molecule has 3 N–H and O–H groups in total. The third-order valence-corrected chi connectivity index (χ3v) is 4.67. The molecular weight excluding hydrogens is 308 g/mol. The minimum absolute atomic E-state index is 0.0936. The van der Waals surface area contributed by atoms with Crippen molar-refractivity contribution in [1.29, 1.82) is 0 Å². The molecule has 1 aliphatic carbocycles. The second-order valence-corrected chi connectivity index (χ2v) is 6.27. The quantitative estimate of drug-likeness (QED) is 0.554. The fourth-order valence-electron chi connectivity index (χ4n) is 3.48. The van der Waals surface area contributed by atoms with E-state index in [0.29, 0.717) is 0 Å². The summed E-state index contributed by atoms with van der Waals surface area (Å²) >= 11 is 0. The van der Waals surface area contributed by atoms with Crippen LogP contribution >= 0.6 is 0 Å². The van der Waals surface area contributed by atoms with Gasteiger partial charge in [-0.3, -0.25) is 9.98 Å². The number of hydrogen-bond donors (Lipinski definition) is 2. The van der Waals surface area contributed by atoms with E-state index in [1.54, 1.807) is 19.4 Å². The molecule has 1 aliphatic rings. The van der Waals surface area contributed by atoms with E-state index < -0.39 is 0 Å². The van der Waals surface area contributed by atoms with Gasteiger partial charge >= 0.3 is 0 Å². The number of benzene rings is 2. The molecule has 0 radical (unpaired) electrons. The number of anilines is 1. The number of hydrogen-bond acceptors (Lipinski definition) is 3. The molecule has 2 aromatic carbocycles. The number of nitrogens with one attached hydrogen (secondary N) is 1. The number of fused-ring (bicyclic) bond motifs is 3. The molecule has 4 heteroatoms. The third kappa shape index (κ3) is 2.61. The van der Waals surface area contributed by atoms with Crippen molar-refractivity contribution in [3.63, 3.8) is 0 Å². The van der Waals surface area contributed by atoms with Crippen LogP contribution in [-0.2, 0) is 0 Å². The number of amidine groups is 1. The molecule has 0 bridgehead atoms. The molecule has 0 saturated heterocycles. The van der Waals surface area contributed by atoms with E-state index in [9.17, 15) is 0 Å². The number of nitrogens with two attached hydrogens (primary N) is 1. The van der Waals surface area contributed by atoms with Crippen molar-refractivity contribution in [2.45, 2.75) is 13.0 Å². The first-order chi connectivity index (χ1) is 12.2. The Hall–Kier alpha value is -2.98. The van der Waals surface area contributed by atoms with Gasteiger partial charge < -0.3 is 11.1 Å². The summed E-state index contributed by atoms with van der Waals surface area (Å²) in [6, 6.07) is 16.5. The maximum Gasteiger partial charge on any atom is 0.133 e. The fourth-order valence-corrected chi connectivity index (χ4v) is 3.48. The second kappa shape index (κ2) is 6.15. The van der Waals surface area contributed by atoms with Crippen LogP contribution in [0.3, 0.4) is 0 Å². The second-order valence-electron chi connectivity index (χ2n) is 6.27. The third-order valence-electron chi connectivity index (χ3n) is 4.67. The first kappa shape index (κ1) is 15.5. The smallest absolute Gasteiger partial charge is 0.133 e. The van der Waals surface area contributed by atoms with E-state index in [-0.39, 0.29) is 6.04 Å². The number of aromatic nitrogens is 1. The normalized spacial score (nSPS) is 15.6. The molecule has 0 aliphatic heterocycles. The number of aryl methyl sites for hydroxylation is 1. The molecule has 3 aromatic rings. The molecule has 1 unspecified atom stereocenters. The van der Waals surface area contributed by atoms with Gasteiger partial charge in [0.05, 0.1) is 6.04 Å². The van der Waals surface area contributed by atoms with Crippen molar-refractivity contribution in [3.05, 3.63) is 83.2 Å². The summed E-state index contributed by atoms with van der Waals surface area (Å²) in [5, 5.41) is 3.40. The van der Waals surface area contributed by atoms with Gasteiger partial charge in [-0.1, -0.05) is 42.0 Å². The predicted octanol–water partition coefficient (Wildman–Crippen LogP) is 3.91. The van der Waals surface area contributed by atoms with Crippen LogP contribution in [0.25, 0.3) is 11.1 Å². The van der Waals surface area contributed by atoms with Crippen LogP contribution < -0.4 is 11.1 Å². The molecule has 0 fully saturated rings. The molecule has 4 rings (SSSR count). The van der Waals surface area contributed by atoms with Crippen molar-refractivity contribution in [2.24, 2.45) is 10.7 Å². The van der Waals surface area contributed by atoms with Gasteiger partial charge in [0.25, 0.3) is 0 Å². The van der Waals surface area contributed by atoms with Gasteiger partial charge in [0.1, 0.15) is 5.84 Å². The lowest BCUT2D eigenvalue weighted by Crippen LogP contribution is -2.15. The fraction of sp³-hybridized carbons (Fsp3) is 0.143. The van der Waals surface area contributed by atoms with Gasteiger partial charge in [-0.05, 0) is 41.3 Å². The lowest BCUT2D eigenvalue weighted by atomic mass is 9.98. The van der Waals surface area contributed by atoms with Gasteiger partial charge in [0.15, 0.2) is 0 Å². The predicted molar refractivity (Wildman–Crippen MR) is 103 cm³/mol. The molecule has 1 atom stereocenters. The number of rotatable bonds is 2. The maximum absolute atomic E-state index is 6.52. The van der Waals surface area contributed by atoms with E-state index in [0.717, 1.165) is 22.6 Å². The van der Waals surface area contributed by atoms with Crippen LogP contribution in [-0.4, -0.2) is 17.9 Å². The zero-order valence-electron chi connectivity index (χ0n) is 14.3. The molecule has 0 spiro atoms. The van der Waals surface area contributed by atoms with Crippen LogP contribution in [0, 0.1) is 6.92 Å². The SMILES string of the molecule is CN=C(Nc1ccncc1)c1cccc2c1-c1ccc(C)cc1C2N. The highest BCUT2D eigenvalue weighted by molar-refractivity contribution is 6.13. The molecule has 25 heavy (non-hydrogen) atoms. The minimum atomic E-state index is -0.0936. The van der Waals surface area contributed by atoms with Crippen LogP contribution in [0.4, 0.5) is 5.69 Å². The Labute approximate surface area is 147 Å². The maximum atomic E-state index is 6.52. The summed E-state index contributed by atoms with van der Waals surface area (Å²) in [6.07, 6.45) is 3.53. The lowest BCUT2D eigenvalue weighted by Gasteiger charge is -2.14. The molecule has 4 nitrogen and oxygen atoms in total. The van der Waals surface area contributed by atoms with Crippen molar-refractivity contribution >= 4 is 11.5 Å². The molecular formula is C21H20N4. The monoisotopic (exact) mass is 328 g/mol. The van der Waals surface area contributed by atoms with Crippen molar-refractivity contribution < 1.29 is 0 Å². The standard InChI is InChI=1S/C21H20N4/c1-13-6-7-15-18(12-13)20(22)16-4-3-5-17(19(15)16)21(23-2)25-14-8-10-24-11-9-14/h3-12,20H,22H2,1-2H3,(H,23,24,25). The Morgan fingerprint density at radius 2 is 1.88 bits per heavy atom. The summed E-state index contributed by atoms with van der Waals surface area (Å²) in [7, 11) is 1.80. The largest absolute Gasteiger partial charge is 0.340 e. The average Bonchev–Trinajstić information content (AvgIpc) is 2.93. The first-order valence-corrected chi connectivity index (χ1v) is 8.32. The van der Waals surface area contributed by atoms with E-state index in [1.165, 1.54) is 22.3 Å². The van der Waals surface area contributed by atoms with E-state index in [4.69, 9.17) is 5.73 Å². The zero-order chi connectivity index (χ0) is 17.4. The Bertz CT molecular complexity index is 961. The zero-order valence-corrected chi connectivity index (χ0v) is 14.3. The van der Waals surface area contributed by atoms with Crippen LogP contribution in [0.1, 0.15) is 28.3 Å². The number of pyridine rings is 1. The number of aliphatic imine (C=N–C) groups is 1. The molecule has 1 aromatic heterocycles. The van der Waals surface area contributed by atoms with E-state index in [1.807, 2.05) is 18.2 Å².